The van der Waals surface area contributed by atoms with Gasteiger partial charge in [0.05, 0.1) is 19.1 Å². The van der Waals surface area contributed by atoms with Gasteiger partial charge in [0.25, 0.3) is 5.95 Å². The number of nitrogen functional groups attached to an aromatic ring is 1. The van der Waals surface area contributed by atoms with Crippen molar-refractivity contribution in [1.29, 1.82) is 0 Å². The number of nitrogens with two attached hydrogens (primary N) is 1. The number of anilines is 2. The van der Waals surface area contributed by atoms with E-state index >= 15 is 0 Å². The van der Waals surface area contributed by atoms with Crippen molar-refractivity contribution in [3.8, 4) is 5.75 Å². The monoisotopic (exact) mass is 561 g/mol. The third kappa shape index (κ3) is 7.10. The van der Waals surface area contributed by atoms with Crippen LogP contribution in [0.3, 0.4) is 0 Å². The molecule has 2 aromatic carbocycles. The fraction of sp³-hybridized carbons (Fsp3) is 0.143. The fourth-order valence-electron chi connectivity index (χ4n) is 2.70. The van der Waals surface area contributed by atoms with E-state index in [2.05, 4.69) is 36.2 Å². The Labute approximate surface area is 223 Å². The van der Waals surface area contributed by atoms with Crippen molar-refractivity contribution in [2.24, 2.45) is 5.10 Å². The molecule has 36 heavy (non-hydrogen) atoms. The summed E-state index contributed by atoms with van der Waals surface area (Å²) >= 11 is 10.1. The highest BCUT2D eigenvalue weighted by Crippen LogP contribution is 2.30. The minimum Gasteiger partial charge on any atom is -0.497 e. The lowest BCUT2D eigenvalue weighted by Crippen LogP contribution is -2.16. The van der Waals surface area contributed by atoms with Crippen molar-refractivity contribution in [2.75, 3.05) is 29.4 Å². The molecule has 0 unspecified atom stereocenters. The molecular formula is C21H20ClN9O2S3. The lowest BCUT2D eigenvalue weighted by molar-refractivity contribution is -0.113. The predicted octanol–water partition coefficient (Wildman–Crippen LogP) is 3.97. The van der Waals surface area contributed by atoms with E-state index in [1.165, 1.54) is 27.8 Å². The van der Waals surface area contributed by atoms with Crippen molar-refractivity contribution >= 4 is 69.7 Å². The summed E-state index contributed by atoms with van der Waals surface area (Å²) in [5.41, 5.74) is 4.57. The first-order valence-electron chi connectivity index (χ1n) is 10.3. The van der Waals surface area contributed by atoms with Crippen LogP contribution in [0.5, 0.6) is 5.75 Å². The van der Waals surface area contributed by atoms with Gasteiger partial charge in [-0.25, -0.2) is 10.1 Å². The normalized spacial score (nSPS) is 11.1. The smallest absolute Gasteiger partial charge is 0.264 e. The molecule has 0 aliphatic heterocycles. The zero-order chi connectivity index (χ0) is 25.3. The summed E-state index contributed by atoms with van der Waals surface area (Å²) in [4.78, 5) is 12.4. The number of benzene rings is 2. The number of thioether (sulfide) groups is 2. The van der Waals surface area contributed by atoms with Gasteiger partial charge in [-0.2, -0.15) is 5.10 Å². The number of hydrogen-bond acceptors (Lipinski definition) is 12. The molecular weight excluding hydrogens is 542 g/mol. The number of carbonyl (C=O) groups is 1. The molecule has 2 aromatic heterocycles. The number of methoxy groups -OCH3 is 1. The minimum atomic E-state index is -0.271. The van der Waals surface area contributed by atoms with Crippen LogP contribution in [0.25, 0.3) is 0 Å². The van der Waals surface area contributed by atoms with E-state index in [4.69, 9.17) is 22.2 Å². The van der Waals surface area contributed by atoms with E-state index in [-0.39, 0.29) is 17.6 Å². The number of carbonyl (C=O) groups excluding carboxylic acids is 1. The third-order valence-corrected chi connectivity index (χ3v) is 7.76. The van der Waals surface area contributed by atoms with Crippen LogP contribution >= 0.6 is 46.5 Å². The van der Waals surface area contributed by atoms with Gasteiger partial charge in [-0.1, -0.05) is 76.8 Å². The number of aromatic nitrogens is 5. The molecule has 0 saturated heterocycles. The summed E-state index contributed by atoms with van der Waals surface area (Å²) in [5, 5.41) is 24.4. The van der Waals surface area contributed by atoms with Crippen LogP contribution in [-0.4, -0.2) is 50.1 Å². The zero-order valence-electron chi connectivity index (χ0n) is 18.8. The molecule has 4 rings (SSSR count). The first-order valence-corrected chi connectivity index (χ1v) is 13.4. The van der Waals surface area contributed by atoms with Gasteiger partial charge in [-0.3, -0.25) is 10.1 Å². The van der Waals surface area contributed by atoms with Gasteiger partial charge in [0.1, 0.15) is 5.75 Å². The minimum absolute atomic E-state index is 0.0596. The van der Waals surface area contributed by atoms with Crippen LogP contribution in [0, 0.1) is 0 Å². The summed E-state index contributed by atoms with van der Waals surface area (Å²) in [7, 11) is 1.60. The van der Waals surface area contributed by atoms with E-state index in [9.17, 15) is 4.79 Å². The van der Waals surface area contributed by atoms with Crippen molar-refractivity contribution in [2.45, 2.75) is 15.2 Å². The number of halogens is 1. The highest BCUT2D eigenvalue weighted by atomic mass is 35.5. The number of amides is 1. The van der Waals surface area contributed by atoms with Crippen LogP contribution in [0.1, 0.15) is 11.1 Å². The maximum absolute atomic E-state index is 12.4. The highest BCUT2D eigenvalue weighted by Gasteiger charge is 2.14. The second-order valence-corrected chi connectivity index (χ2v) is 10.5. The Hall–Kier alpha value is -3.33. The Morgan fingerprint density at radius 2 is 2.06 bits per heavy atom. The molecule has 2 heterocycles. The van der Waals surface area contributed by atoms with Gasteiger partial charge in [0, 0.05) is 10.8 Å². The van der Waals surface area contributed by atoms with E-state index in [0.29, 0.717) is 21.1 Å². The number of hydrazone groups is 1. The van der Waals surface area contributed by atoms with Crippen LogP contribution in [-0.2, 0) is 10.5 Å². The van der Waals surface area contributed by atoms with Crippen molar-refractivity contribution < 1.29 is 9.53 Å². The number of hydrogen-bond donors (Lipinski definition) is 3. The molecule has 0 fully saturated rings. The second-order valence-electron chi connectivity index (χ2n) is 6.91. The average molecular weight is 562 g/mol. The maximum Gasteiger partial charge on any atom is 0.264 e. The standard InChI is InChI=1S/C21H20ClN9O2S3/c1-33-15-7-4-5-13(9-15)10-24-26-18-27-29-20(31(18)23)34-12-17(32)25-19-28-30-21(36-19)35-11-14-6-2-3-8-16(14)22/h2-10H,11-12,23H2,1H3,(H,26,27)(H,25,28,32)/b24-10+. The molecule has 4 aromatic rings. The summed E-state index contributed by atoms with van der Waals surface area (Å²) in [6, 6.07) is 15.0. The van der Waals surface area contributed by atoms with Crippen molar-refractivity contribution in [1.82, 2.24) is 25.1 Å². The second kappa shape index (κ2) is 12.6. The Bertz CT molecular complexity index is 1360. The largest absolute Gasteiger partial charge is 0.497 e. The van der Waals surface area contributed by atoms with Crippen LogP contribution in [0.4, 0.5) is 11.1 Å². The quantitative estimate of drug-likeness (QED) is 0.0808. The van der Waals surface area contributed by atoms with E-state index in [0.717, 1.165) is 33.0 Å². The summed E-state index contributed by atoms with van der Waals surface area (Å²) < 4.78 is 7.13. The van der Waals surface area contributed by atoms with Gasteiger partial charge in [0.15, 0.2) is 4.34 Å². The molecule has 0 aliphatic carbocycles. The highest BCUT2D eigenvalue weighted by molar-refractivity contribution is 8.00. The van der Waals surface area contributed by atoms with Gasteiger partial charge < -0.3 is 10.6 Å². The molecule has 0 atom stereocenters. The summed E-state index contributed by atoms with van der Waals surface area (Å²) in [5.74, 6) is 7.40. The Morgan fingerprint density at radius 1 is 1.19 bits per heavy atom. The number of nitrogens with zero attached hydrogens (tertiary/aromatic N) is 6. The first-order chi connectivity index (χ1) is 17.5. The van der Waals surface area contributed by atoms with Gasteiger partial charge >= 0.3 is 0 Å². The van der Waals surface area contributed by atoms with E-state index < -0.39 is 0 Å². The molecule has 11 nitrogen and oxygen atoms in total. The van der Waals surface area contributed by atoms with Crippen molar-refractivity contribution in [3.63, 3.8) is 0 Å². The maximum atomic E-state index is 12.4. The molecule has 0 spiro atoms. The van der Waals surface area contributed by atoms with Gasteiger partial charge in [-0.05, 0) is 29.3 Å². The number of rotatable bonds is 11. The SMILES string of the molecule is COc1cccc(/C=N/Nc2nnc(SCC(=O)Nc3nnc(SCc4ccccc4Cl)s3)n2N)c1. The van der Waals surface area contributed by atoms with Crippen LogP contribution in [0.2, 0.25) is 5.02 Å². The third-order valence-electron chi connectivity index (χ3n) is 4.43. The molecule has 0 radical (unpaired) electrons. The number of nitrogens with one attached hydrogen (secondary N) is 2. The number of ether oxygens (including phenoxy) is 1. The average Bonchev–Trinajstić information content (AvgIpc) is 3.48. The summed E-state index contributed by atoms with van der Waals surface area (Å²) in [6.45, 7) is 0. The van der Waals surface area contributed by atoms with Gasteiger partial charge in [0.2, 0.25) is 16.2 Å². The van der Waals surface area contributed by atoms with Gasteiger partial charge in [-0.15, -0.1) is 20.4 Å². The molecule has 4 N–H and O–H groups in total. The Kier molecular flexibility index (Phi) is 9.00. The lowest BCUT2D eigenvalue weighted by atomic mass is 10.2. The summed E-state index contributed by atoms with van der Waals surface area (Å²) in [6.07, 6.45) is 1.60. The van der Waals surface area contributed by atoms with E-state index in [1.54, 1.807) is 13.3 Å². The first kappa shape index (κ1) is 25.8. The predicted molar refractivity (Wildman–Crippen MR) is 145 cm³/mol. The van der Waals surface area contributed by atoms with Crippen LogP contribution in [0.15, 0.2) is 63.1 Å². The topological polar surface area (TPSA) is 145 Å². The fourth-order valence-corrected chi connectivity index (χ4v) is 5.41. The zero-order valence-corrected chi connectivity index (χ0v) is 22.0. The lowest BCUT2D eigenvalue weighted by Gasteiger charge is -2.03. The molecule has 1 amide bonds. The van der Waals surface area contributed by atoms with Crippen molar-refractivity contribution in [3.05, 3.63) is 64.7 Å². The molecule has 0 bridgehead atoms. The van der Waals surface area contributed by atoms with E-state index in [1.807, 2.05) is 48.5 Å². The molecule has 15 heteroatoms. The molecule has 186 valence electrons. The molecule has 0 saturated carbocycles. The Morgan fingerprint density at radius 3 is 2.89 bits per heavy atom. The molecule has 0 aliphatic rings. The van der Waals surface area contributed by atoms with Crippen LogP contribution < -0.4 is 21.3 Å². The Balaban J connectivity index is 1.24.